The zero-order valence-corrected chi connectivity index (χ0v) is 16.5. The van der Waals surface area contributed by atoms with E-state index in [9.17, 15) is 9.59 Å². The first-order valence-electron chi connectivity index (χ1n) is 9.23. The number of nitrogens with zero attached hydrogens (tertiary/aromatic N) is 3. The number of aromatic nitrogens is 3. The van der Waals surface area contributed by atoms with E-state index in [1.807, 2.05) is 6.92 Å². The Bertz CT molecular complexity index is 1010. The molecule has 0 spiro atoms. The molecule has 0 saturated heterocycles. The maximum absolute atomic E-state index is 12.3. The topological polar surface area (TPSA) is 128 Å². The normalized spacial score (nSPS) is 10.3. The summed E-state index contributed by atoms with van der Waals surface area (Å²) in [5.41, 5.74) is 5.75. The van der Waals surface area contributed by atoms with Crippen LogP contribution in [0.25, 0.3) is 11.4 Å². The Hall–Kier alpha value is -3.95. The number of pyridine rings is 1. The number of ether oxygens (including phenoxy) is 2. The van der Waals surface area contributed by atoms with Crippen LogP contribution in [-0.4, -0.2) is 40.7 Å². The third-order valence-electron chi connectivity index (χ3n) is 3.99. The molecular formula is C20H21N5O5. The summed E-state index contributed by atoms with van der Waals surface area (Å²) in [6.07, 6.45) is 3.55. The van der Waals surface area contributed by atoms with Crippen LogP contribution in [0, 0.1) is 0 Å². The predicted octanol–water partition coefficient (Wildman–Crippen LogP) is 1.93. The summed E-state index contributed by atoms with van der Waals surface area (Å²) < 4.78 is 15.8. The van der Waals surface area contributed by atoms with Crippen molar-refractivity contribution in [2.24, 2.45) is 0 Å². The number of methoxy groups -OCH3 is 1. The van der Waals surface area contributed by atoms with Crippen LogP contribution >= 0.6 is 0 Å². The Morgan fingerprint density at radius 2 is 2.03 bits per heavy atom. The van der Waals surface area contributed by atoms with Gasteiger partial charge in [0.2, 0.25) is 17.6 Å². The molecule has 0 bridgehead atoms. The van der Waals surface area contributed by atoms with E-state index < -0.39 is 11.8 Å². The molecule has 2 N–H and O–H groups in total. The fraction of sp³-hybridized carbons (Fsp3) is 0.250. The van der Waals surface area contributed by atoms with Gasteiger partial charge in [0.15, 0.2) is 11.5 Å². The monoisotopic (exact) mass is 411 g/mol. The van der Waals surface area contributed by atoms with Gasteiger partial charge in [0, 0.05) is 36.4 Å². The zero-order chi connectivity index (χ0) is 21.3. The molecule has 0 aliphatic rings. The molecule has 30 heavy (non-hydrogen) atoms. The van der Waals surface area contributed by atoms with Crippen LogP contribution in [0.1, 0.15) is 29.6 Å². The number of benzene rings is 1. The minimum absolute atomic E-state index is 0.0571. The van der Waals surface area contributed by atoms with Crippen molar-refractivity contribution in [3.8, 4) is 22.9 Å². The second-order valence-electron chi connectivity index (χ2n) is 6.05. The van der Waals surface area contributed by atoms with Gasteiger partial charge in [-0.1, -0.05) is 5.16 Å². The maximum Gasteiger partial charge on any atom is 0.269 e. The summed E-state index contributed by atoms with van der Waals surface area (Å²) in [4.78, 5) is 32.5. The molecule has 0 aliphatic heterocycles. The number of carbonyl (C=O) groups excluding carboxylic acids is 2. The van der Waals surface area contributed by atoms with E-state index in [1.54, 1.807) is 36.7 Å². The lowest BCUT2D eigenvalue weighted by Gasteiger charge is -2.11. The fourth-order valence-electron chi connectivity index (χ4n) is 2.53. The standard InChI is InChI=1S/C20H21N5O5/c1-3-29-15-7-6-13(11-16(15)28-2)20(27)24-23-17(26)8-9-18-22-19(25-30-18)14-5-4-10-21-12-14/h4-7,10-12H,3,8-9H2,1-2H3,(H,23,26)(H,24,27). The van der Waals surface area contributed by atoms with Crippen molar-refractivity contribution in [3.05, 3.63) is 54.2 Å². The first kappa shape index (κ1) is 20.8. The Morgan fingerprint density at radius 3 is 2.77 bits per heavy atom. The van der Waals surface area contributed by atoms with Crippen molar-refractivity contribution < 1.29 is 23.6 Å². The summed E-state index contributed by atoms with van der Waals surface area (Å²) in [7, 11) is 1.48. The Balaban J connectivity index is 1.49. The molecule has 2 heterocycles. The van der Waals surface area contributed by atoms with Crippen molar-refractivity contribution in [1.82, 2.24) is 26.0 Å². The van der Waals surface area contributed by atoms with Gasteiger partial charge in [-0.25, -0.2) is 0 Å². The molecule has 2 amide bonds. The van der Waals surface area contributed by atoms with E-state index in [0.717, 1.165) is 5.56 Å². The molecular weight excluding hydrogens is 390 g/mol. The number of hydrogen-bond acceptors (Lipinski definition) is 8. The molecule has 0 atom stereocenters. The fourth-order valence-corrected chi connectivity index (χ4v) is 2.53. The number of carbonyl (C=O) groups is 2. The molecule has 0 saturated carbocycles. The molecule has 3 aromatic rings. The molecule has 0 fully saturated rings. The Kier molecular flexibility index (Phi) is 6.93. The highest BCUT2D eigenvalue weighted by Crippen LogP contribution is 2.27. The van der Waals surface area contributed by atoms with Crippen LogP contribution in [0.15, 0.2) is 47.2 Å². The van der Waals surface area contributed by atoms with E-state index in [-0.39, 0.29) is 12.8 Å². The van der Waals surface area contributed by atoms with Crippen LogP contribution in [0.3, 0.4) is 0 Å². The molecule has 10 heteroatoms. The molecule has 3 rings (SSSR count). The zero-order valence-electron chi connectivity index (χ0n) is 16.5. The SMILES string of the molecule is CCOc1ccc(C(=O)NNC(=O)CCc2nc(-c3cccnc3)no2)cc1OC. The average Bonchev–Trinajstić information content (AvgIpc) is 3.26. The van der Waals surface area contributed by atoms with Gasteiger partial charge in [-0.3, -0.25) is 25.4 Å². The molecule has 1 aromatic carbocycles. The highest BCUT2D eigenvalue weighted by molar-refractivity contribution is 5.96. The lowest BCUT2D eigenvalue weighted by molar-refractivity contribution is -0.121. The van der Waals surface area contributed by atoms with E-state index in [0.29, 0.717) is 35.4 Å². The molecule has 156 valence electrons. The van der Waals surface area contributed by atoms with Crippen molar-refractivity contribution in [1.29, 1.82) is 0 Å². The van der Waals surface area contributed by atoms with Gasteiger partial charge in [-0.05, 0) is 37.3 Å². The number of amides is 2. The van der Waals surface area contributed by atoms with Crippen molar-refractivity contribution in [3.63, 3.8) is 0 Å². The van der Waals surface area contributed by atoms with E-state index in [1.165, 1.54) is 13.2 Å². The summed E-state index contributed by atoms with van der Waals surface area (Å²) >= 11 is 0. The van der Waals surface area contributed by atoms with Gasteiger partial charge in [0.1, 0.15) is 0 Å². The van der Waals surface area contributed by atoms with Gasteiger partial charge in [-0.15, -0.1) is 0 Å². The van der Waals surface area contributed by atoms with Gasteiger partial charge >= 0.3 is 0 Å². The maximum atomic E-state index is 12.3. The highest BCUT2D eigenvalue weighted by atomic mass is 16.5. The average molecular weight is 411 g/mol. The van der Waals surface area contributed by atoms with Crippen LogP contribution < -0.4 is 20.3 Å². The van der Waals surface area contributed by atoms with E-state index in [4.69, 9.17) is 14.0 Å². The van der Waals surface area contributed by atoms with Crippen LogP contribution in [0.2, 0.25) is 0 Å². The van der Waals surface area contributed by atoms with Crippen molar-refractivity contribution >= 4 is 11.8 Å². The predicted molar refractivity (Wildman–Crippen MR) is 106 cm³/mol. The van der Waals surface area contributed by atoms with Gasteiger partial charge in [0.05, 0.1) is 13.7 Å². The van der Waals surface area contributed by atoms with Crippen LogP contribution in [0.4, 0.5) is 0 Å². The number of hydrogen-bond donors (Lipinski definition) is 2. The van der Waals surface area contributed by atoms with Gasteiger partial charge in [-0.2, -0.15) is 4.98 Å². The summed E-state index contributed by atoms with van der Waals surface area (Å²) in [5.74, 6) is 0.786. The smallest absolute Gasteiger partial charge is 0.269 e. The molecule has 0 unspecified atom stereocenters. The first-order chi connectivity index (χ1) is 14.6. The first-order valence-corrected chi connectivity index (χ1v) is 9.23. The number of nitrogens with one attached hydrogen (secondary N) is 2. The number of aryl methyl sites for hydroxylation is 1. The second kappa shape index (κ2) is 10.0. The molecule has 0 radical (unpaired) electrons. The second-order valence-corrected chi connectivity index (χ2v) is 6.05. The molecule has 10 nitrogen and oxygen atoms in total. The Morgan fingerprint density at radius 1 is 1.17 bits per heavy atom. The van der Waals surface area contributed by atoms with Crippen LogP contribution in [0.5, 0.6) is 11.5 Å². The van der Waals surface area contributed by atoms with E-state index >= 15 is 0 Å². The summed E-state index contributed by atoms with van der Waals surface area (Å²) in [6.45, 7) is 2.32. The number of hydrazine groups is 1. The quantitative estimate of drug-likeness (QED) is 0.538. The number of rotatable bonds is 8. The largest absolute Gasteiger partial charge is 0.493 e. The van der Waals surface area contributed by atoms with E-state index in [2.05, 4.69) is 26.0 Å². The minimum atomic E-state index is -0.485. The summed E-state index contributed by atoms with van der Waals surface area (Å²) in [6, 6.07) is 8.31. The van der Waals surface area contributed by atoms with Crippen molar-refractivity contribution in [2.75, 3.05) is 13.7 Å². The Labute approximate surface area is 172 Å². The molecule has 0 aliphatic carbocycles. The van der Waals surface area contributed by atoms with Crippen molar-refractivity contribution in [2.45, 2.75) is 19.8 Å². The van der Waals surface area contributed by atoms with Gasteiger partial charge in [0.25, 0.3) is 5.91 Å². The minimum Gasteiger partial charge on any atom is -0.493 e. The lowest BCUT2D eigenvalue weighted by Crippen LogP contribution is -2.41. The third kappa shape index (κ3) is 5.31. The highest BCUT2D eigenvalue weighted by Gasteiger charge is 2.13. The van der Waals surface area contributed by atoms with Crippen LogP contribution in [-0.2, 0) is 11.2 Å². The lowest BCUT2D eigenvalue weighted by atomic mass is 10.2. The summed E-state index contributed by atoms with van der Waals surface area (Å²) in [5, 5.41) is 3.87. The third-order valence-corrected chi connectivity index (χ3v) is 3.99. The molecule has 2 aromatic heterocycles. The van der Waals surface area contributed by atoms with Gasteiger partial charge < -0.3 is 14.0 Å².